The zero-order valence-corrected chi connectivity index (χ0v) is 7.55. The SMILES string of the molecule is CCc1c2nc(c(C=N)c1C)OO2. The summed E-state index contributed by atoms with van der Waals surface area (Å²) in [5.74, 6) is 0.945. The highest BCUT2D eigenvalue weighted by atomic mass is 17.2. The van der Waals surface area contributed by atoms with Crippen molar-refractivity contribution in [1.82, 2.24) is 4.98 Å². The van der Waals surface area contributed by atoms with Crippen molar-refractivity contribution in [2.45, 2.75) is 20.3 Å². The molecule has 2 heterocycles. The van der Waals surface area contributed by atoms with Crippen molar-refractivity contribution in [3.63, 3.8) is 0 Å². The Balaban J connectivity index is 2.70. The maximum Gasteiger partial charge on any atom is 0.282 e. The van der Waals surface area contributed by atoms with Crippen LogP contribution < -0.4 is 9.78 Å². The second-order valence-corrected chi connectivity index (χ2v) is 2.90. The van der Waals surface area contributed by atoms with Crippen molar-refractivity contribution < 1.29 is 9.78 Å². The number of nitrogens with one attached hydrogen (secondary N) is 1. The van der Waals surface area contributed by atoms with E-state index in [4.69, 9.17) is 15.2 Å². The molecule has 1 aliphatic rings. The third-order valence-corrected chi connectivity index (χ3v) is 2.25. The minimum absolute atomic E-state index is 0.403. The predicted octanol–water partition coefficient (Wildman–Crippen LogP) is 1.64. The summed E-state index contributed by atoms with van der Waals surface area (Å²) >= 11 is 0. The summed E-state index contributed by atoms with van der Waals surface area (Å²) in [6.07, 6.45) is 2.08. The highest BCUT2D eigenvalue weighted by Crippen LogP contribution is 2.33. The van der Waals surface area contributed by atoms with Crippen LogP contribution in [-0.2, 0) is 6.42 Å². The Morgan fingerprint density at radius 3 is 2.69 bits per heavy atom. The predicted molar refractivity (Wildman–Crippen MR) is 47.5 cm³/mol. The number of hydrogen-bond donors (Lipinski definition) is 1. The molecular formula is C9H10N2O2. The van der Waals surface area contributed by atoms with Gasteiger partial charge in [-0.2, -0.15) is 4.98 Å². The molecule has 1 aromatic heterocycles. The molecule has 0 radical (unpaired) electrons. The lowest BCUT2D eigenvalue weighted by atomic mass is 10.0. The minimum atomic E-state index is 0.403. The molecule has 0 atom stereocenters. The molecule has 0 spiro atoms. The Hall–Kier alpha value is -1.58. The number of fused-ring (bicyclic) bond motifs is 2. The molecule has 0 saturated heterocycles. The van der Waals surface area contributed by atoms with Crippen LogP contribution in [0.1, 0.15) is 23.6 Å². The molecule has 68 valence electrons. The molecule has 13 heavy (non-hydrogen) atoms. The van der Waals surface area contributed by atoms with Crippen LogP contribution in [0.25, 0.3) is 0 Å². The van der Waals surface area contributed by atoms with Gasteiger partial charge in [0.05, 0.1) is 5.56 Å². The van der Waals surface area contributed by atoms with Gasteiger partial charge in [0.2, 0.25) is 0 Å². The summed E-state index contributed by atoms with van der Waals surface area (Å²) in [5, 5.41) is 7.22. The zero-order chi connectivity index (χ0) is 9.42. The maximum atomic E-state index is 7.22. The number of nitrogens with zero attached hydrogens (tertiary/aromatic N) is 1. The molecule has 0 unspecified atom stereocenters. The van der Waals surface area contributed by atoms with E-state index in [-0.39, 0.29) is 0 Å². The van der Waals surface area contributed by atoms with Crippen LogP contribution in [0, 0.1) is 12.3 Å². The third kappa shape index (κ3) is 0.983. The molecule has 0 aromatic carbocycles. The van der Waals surface area contributed by atoms with Gasteiger partial charge in [-0.3, -0.25) is 9.78 Å². The van der Waals surface area contributed by atoms with Crippen LogP contribution in [0.2, 0.25) is 0 Å². The van der Waals surface area contributed by atoms with Crippen LogP contribution in [-0.4, -0.2) is 11.2 Å². The normalized spacial score (nSPS) is 12.2. The fraction of sp³-hybridized carbons (Fsp3) is 0.333. The summed E-state index contributed by atoms with van der Waals surface area (Å²) in [4.78, 5) is 13.9. The molecule has 0 amide bonds. The van der Waals surface area contributed by atoms with Crippen molar-refractivity contribution in [3.8, 4) is 11.8 Å². The summed E-state index contributed by atoms with van der Waals surface area (Å²) in [7, 11) is 0. The molecule has 0 saturated carbocycles. The Bertz CT molecular complexity index is 374. The number of hydrogen-bond acceptors (Lipinski definition) is 4. The Morgan fingerprint density at radius 2 is 2.08 bits per heavy atom. The summed E-state index contributed by atoms with van der Waals surface area (Å²) < 4.78 is 0. The van der Waals surface area contributed by atoms with E-state index in [1.165, 1.54) is 6.21 Å². The second kappa shape index (κ2) is 2.73. The topological polar surface area (TPSA) is 55.2 Å². The fourth-order valence-electron chi connectivity index (χ4n) is 1.50. The number of pyridine rings is 1. The average Bonchev–Trinajstić information content (AvgIpc) is 2.52. The van der Waals surface area contributed by atoms with E-state index < -0.39 is 0 Å². The van der Waals surface area contributed by atoms with Crippen molar-refractivity contribution in [2.24, 2.45) is 0 Å². The molecule has 4 nitrogen and oxygen atoms in total. The quantitative estimate of drug-likeness (QED) is 0.553. The highest BCUT2D eigenvalue weighted by molar-refractivity contribution is 5.83. The molecule has 0 fully saturated rings. The van der Waals surface area contributed by atoms with Gasteiger partial charge >= 0.3 is 0 Å². The number of aromatic nitrogens is 1. The minimum Gasteiger partial charge on any atom is -0.308 e. The Labute approximate surface area is 75.9 Å². The van der Waals surface area contributed by atoms with Crippen LogP contribution in [0.5, 0.6) is 11.8 Å². The molecule has 4 heteroatoms. The van der Waals surface area contributed by atoms with Crippen molar-refractivity contribution in [2.75, 3.05) is 0 Å². The van der Waals surface area contributed by atoms with Gasteiger partial charge in [-0.15, -0.1) is 0 Å². The molecule has 1 aliphatic heterocycles. The van der Waals surface area contributed by atoms with E-state index in [0.717, 1.165) is 17.5 Å². The van der Waals surface area contributed by atoms with Gasteiger partial charge < -0.3 is 5.41 Å². The summed E-state index contributed by atoms with van der Waals surface area (Å²) in [6.45, 7) is 3.97. The van der Waals surface area contributed by atoms with Gasteiger partial charge in [-0.05, 0) is 18.9 Å². The van der Waals surface area contributed by atoms with E-state index in [1.807, 2.05) is 13.8 Å². The first-order valence-electron chi connectivity index (χ1n) is 4.16. The first-order chi connectivity index (χ1) is 6.27. The summed E-state index contributed by atoms with van der Waals surface area (Å²) in [6, 6.07) is 0. The van der Waals surface area contributed by atoms with Crippen LogP contribution in [0.4, 0.5) is 0 Å². The van der Waals surface area contributed by atoms with E-state index in [9.17, 15) is 0 Å². The fourth-order valence-corrected chi connectivity index (χ4v) is 1.50. The van der Waals surface area contributed by atoms with E-state index in [0.29, 0.717) is 17.3 Å². The van der Waals surface area contributed by atoms with Crippen LogP contribution >= 0.6 is 0 Å². The monoisotopic (exact) mass is 178 g/mol. The van der Waals surface area contributed by atoms with Gasteiger partial charge in [0.1, 0.15) is 0 Å². The Kier molecular flexibility index (Phi) is 1.69. The number of rotatable bonds is 2. The second-order valence-electron chi connectivity index (χ2n) is 2.90. The lowest BCUT2D eigenvalue weighted by Crippen LogP contribution is -1.94. The first-order valence-corrected chi connectivity index (χ1v) is 4.16. The van der Waals surface area contributed by atoms with E-state index in [1.54, 1.807) is 0 Å². The van der Waals surface area contributed by atoms with Gasteiger partial charge in [0, 0.05) is 11.8 Å². The maximum absolute atomic E-state index is 7.22. The smallest absolute Gasteiger partial charge is 0.282 e. The molecule has 1 aromatic rings. The van der Waals surface area contributed by atoms with Crippen molar-refractivity contribution in [3.05, 3.63) is 16.7 Å². The van der Waals surface area contributed by atoms with Gasteiger partial charge in [0.25, 0.3) is 11.8 Å². The van der Waals surface area contributed by atoms with Crippen molar-refractivity contribution in [1.29, 1.82) is 5.41 Å². The molecule has 2 rings (SSSR count). The lowest BCUT2D eigenvalue weighted by Gasteiger charge is -2.02. The molecule has 2 bridgehead atoms. The van der Waals surface area contributed by atoms with E-state index >= 15 is 0 Å². The molecular weight excluding hydrogens is 168 g/mol. The standard InChI is InChI=1S/C9H10N2O2/c1-3-6-5(2)7(4-10)9-11-8(6)12-13-9/h4,10H,3H2,1-2H3. The van der Waals surface area contributed by atoms with Crippen molar-refractivity contribution >= 4 is 6.21 Å². The third-order valence-electron chi connectivity index (χ3n) is 2.25. The van der Waals surface area contributed by atoms with E-state index in [2.05, 4.69) is 4.98 Å². The van der Waals surface area contributed by atoms with Gasteiger partial charge in [-0.1, -0.05) is 6.92 Å². The first kappa shape index (κ1) is 8.04. The largest absolute Gasteiger partial charge is 0.308 e. The molecule has 0 aliphatic carbocycles. The zero-order valence-electron chi connectivity index (χ0n) is 7.55. The lowest BCUT2D eigenvalue weighted by molar-refractivity contribution is -0.0853. The Morgan fingerprint density at radius 1 is 1.38 bits per heavy atom. The average molecular weight is 178 g/mol. The van der Waals surface area contributed by atoms with Crippen LogP contribution in [0.3, 0.4) is 0 Å². The van der Waals surface area contributed by atoms with Gasteiger partial charge in [-0.25, -0.2) is 0 Å². The highest BCUT2D eigenvalue weighted by Gasteiger charge is 2.23. The van der Waals surface area contributed by atoms with Gasteiger partial charge in [0.15, 0.2) is 0 Å². The molecule has 1 N–H and O–H groups in total. The summed E-state index contributed by atoms with van der Waals surface area (Å²) in [5.41, 5.74) is 2.74. The van der Waals surface area contributed by atoms with Crippen LogP contribution in [0.15, 0.2) is 0 Å².